The average Bonchev–Trinajstić information content (AvgIpc) is 3.11. The van der Waals surface area contributed by atoms with Gasteiger partial charge in [0.15, 0.2) is 0 Å². The van der Waals surface area contributed by atoms with Crippen molar-refractivity contribution < 1.29 is 4.79 Å². The topological polar surface area (TPSA) is 37.3 Å². The molecule has 3 aromatic rings. The van der Waals surface area contributed by atoms with E-state index in [1.807, 2.05) is 48.1 Å². The van der Waals surface area contributed by atoms with E-state index >= 15 is 0 Å². The van der Waals surface area contributed by atoms with Gasteiger partial charge in [0.1, 0.15) is 0 Å². The molecule has 116 valence electrons. The predicted octanol–water partition coefficient (Wildman–Crippen LogP) is 3.42. The molecule has 0 unspecified atom stereocenters. The van der Waals surface area contributed by atoms with Gasteiger partial charge >= 0.3 is 0 Å². The van der Waals surface area contributed by atoms with E-state index in [1.54, 1.807) is 0 Å². The molecule has 1 amide bonds. The summed E-state index contributed by atoms with van der Waals surface area (Å²) in [5.41, 5.74) is 5.22. The summed E-state index contributed by atoms with van der Waals surface area (Å²) in [5, 5.41) is 4.09. The molecule has 1 aliphatic heterocycles. The second kappa shape index (κ2) is 5.16. The SMILES string of the molecule is CN1CCc2cc(NC(=O)c3ccc4c(ccn4C)c3)ccc21. The summed E-state index contributed by atoms with van der Waals surface area (Å²) in [6.45, 7) is 1.04. The van der Waals surface area contributed by atoms with Crippen LogP contribution in [-0.4, -0.2) is 24.1 Å². The second-order valence-corrected chi connectivity index (χ2v) is 6.17. The quantitative estimate of drug-likeness (QED) is 0.787. The summed E-state index contributed by atoms with van der Waals surface area (Å²) in [6, 6.07) is 14.0. The number of rotatable bonds is 2. The number of hydrogen-bond donors (Lipinski definition) is 1. The number of nitrogens with one attached hydrogen (secondary N) is 1. The van der Waals surface area contributed by atoms with Crippen LogP contribution in [0.2, 0.25) is 0 Å². The zero-order valence-electron chi connectivity index (χ0n) is 13.3. The minimum Gasteiger partial charge on any atom is -0.374 e. The van der Waals surface area contributed by atoms with E-state index in [0.29, 0.717) is 5.56 Å². The first kappa shape index (κ1) is 13.9. The van der Waals surface area contributed by atoms with Gasteiger partial charge in [-0.1, -0.05) is 0 Å². The number of fused-ring (bicyclic) bond motifs is 2. The molecule has 0 aliphatic carbocycles. The van der Waals surface area contributed by atoms with Crippen molar-refractivity contribution in [1.82, 2.24) is 4.57 Å². The molecule has 4 heteroatoms. The van der Waals surface area contributed by atoms with Crippen molar-refractivity contribution in [3.8, 4) is 0 Å². The van der Waals surface area contributed by atoms with Crippen molar-refractivity contribution >= 4 is 28.2 Å². The van der Waals surface area contributed by atoms with E-state index in [4.69, 9.17) is 0 Å². The normalized spacial score (nSPS) is 13.4. The molecule has 1 aliphatic rings. The van der Waals surface area contributed by atoms with E-state index in [-0.39, 0.29) is 5.91 Å². The van der Waals surface area contributed by atoms with Crippen LogP contribution in [0.25, 0.3) is 10.9 Å². The lowest BCUT2D eigenvalue weighted by molar-refractivity contribution is 0.102. The molecule has 0 bridgehead atoms. The Morgan fingerprint density at radius 1 is 1.09 bits per heavy atom. The van der Waals surface area contributed by atoms with Crippen LogP contribution in [0.5, 0.6) is 0 Å². The molecular weight excluding hydrogens is 286 g/mol. The van der Waals surface area contributed by atoms with Crippen molar-refractivity contribution in [2.24, 2.45) is 7.05 Å². The number of benzene rings is 2. The summed E-state index contributed by atoms with van der Waals surface area (Å²) >= 11 is 0. The highest BCUT2D eigenvalue weighted by molar-refractivity contribution is 6.06. The van der Waals surface area contributed by atoms with Gasteiger partial charge in [-0.15, -0.1) is 0 Å². The Hall–Kier alpha value is -2.75. The minimum atomic E-state index is -0.0675. The fraction of sp³-hybridized carbons (Fsp3) is 0.211. The number of amides is 1. The molecule has 2 aromatic carbocycles. The largest absolute Gasteiger partial charge is 0.374 e. The Balaban J connectivity index is 1.59. The van der Waals surface area contributed by atoms with Gasteiger partial charge in [0.25, 0.3) is 5.91 Å². The Bertz CT molecular complexity index is 910. The molecule has 0 saturated carbocycles. The molecule has 0 saturated heterocycles. The van der Waals surface area contributed by atoms with Gasteiger partial charge in [-0.25, -0.2) is 0 Å². The number of nitrogens with zero attached hydrogens (tertiary/aromatic N) is 2. The molecule has 0 atom stereocenters. The van der Waals surface area contributed by atoms with Crippen LogP contribution in [0, 0.1) is 0 Å². The second-order valence-electron chi connectivity index (χ2n) is 6.17. The monoisotopic (exact) mass is 305 g/mol. The van der Waals surface area contributed by atoms with Crippen molar-refractivity contribution in [2.45, 2.75) is 6.42 Å². The lowest BCUT2D eigenvalue weighted by Gasteiger charge is -2.12. The van der Waals surface area contributed by atoms with Gasteiger partial charge in [0.2, 0.25) is 0 Å². The maximum absolute atomic E-state index is 12.5. The van der Waals surface area contributed by atoms with Crippen LogP contribution < -0.4 is 10.2 Å². The standard InChI is InChI=1S/C19H19N3O/c1-21-9-7-13-11-15(3-5-17(13)21)19(23)20-16-4-6-18-14(12-16)8-10-22(18)2/h3-7,9,11-12H,8,10H2,1-2H3,(H,20,23). The molecule has 4 rings (SSSR count). The third-order valence-corrected chi connectivity index (χ3v) is 4.61. The zero-order valence-corrected chi connectivity index (χ0v) is 13.3. The van der Waals surface area contributed by atoms with Crippen LogP contribution in [-0.2, 0) is 13.5 Å². The Morgan fingerprint density at radius 3 is 2.83 bits per heavy atom. The van der Waals surface area contributed by atoms with E-state index in [9.17, 15) is 4.79 Å². The maximum Gasteiger partial charge on any atom is 0.255 e. The highest BCUT2D eigenvalue weighted by Crippen LogP contribution is 2.29. The highest BCUT2D eigenvalue weighted by atomic mass is 16.1. The lowest BCUT2D eigenvalue weighted by atomic mass is 10.1. The van der Waals surface area contributed by atoms with Crippen LogP contribution in [0.15, 0.2) is 48.7 Å². The first-order valence-electron chi connectivity index (χ1n) is 7.82. The van der Waals surface area contributed by atoms with Crippen LogP contribution in [0.3, 0.4) is 0 Å². The Labute approximate surface area is 135 Å². The molecule has 0 fully saturated rings. The molecule has 0 spiro atoms. The van der Waals surface area contributed by atoms with Gasteiger partial charge in [-0.3, -0.25) is 4.79 Å². The molecule has 0 radical (unpaired) electrons. The van der Waals surface area contributed by atoms with Crippen LogP contribution in [0.1, 0.15) is 15.9 Å². The summed E-state index contributed by atoms with van der Waals surface area (Å²) < 4.78 is 2.05. The fourth-order valence-electron chi connectivity index (χ4n) is 3.27. The first-order chi connectivity index (χ1) is 11.1. The van der Waals surface area contributed by atoms with Gasteiger partial charge in [-0.2, -0.15) is 0 Å². The van der Waals surface area contributed by atoms with E-state index in [1.165, 1.54) is 11.3 Å². The molecule has 23 heavy (non-hydrogen) atoms. The fourth-order valence-corrected chi connectivity index (χ4v) is 3.27. The molecule has 2 heterocycles. The van der Waals surface area contributed by atoms with Gasteiger partial charge in [-0.05, 0) is 54.4 Å². The third-order valence-electron chi connectivity index (χ3n) is 4.61. The molecular formula is C19H19N3O. The zero-order chi connectivity index (χ0) is 16.0. The first-order valence-corrected chi connectivity index (χ1v) is 7.82. The number of carbonyl (C=O) groups is 1. The smallest absolute Gasteiger partial charge is 0.255 e. The number of hydrogen-bond acceptors (Lipinski definition) is 2. The number of anilines is 2. The van der Waals surface area contributed by atoms with Crippen LogP contribution in [0.4, 0.5) is 11.4 Å². The van der Waals surface area contributed by atoms with E-state index in [0.717, 1.165) is 29.6 Å². The Kier molecular flexibility index (Phi) is 3.11. The van der Waals surface area contributed by atoms with Crippen LogP contribution >= 0.6 is 0 Å². The number of aryl methyl sites for hydroxylation is 1. The van der Waals surface area contributed by atoms with E-state index in [2.05, 4.69) is 29.4 Å². The maximum atomic E-state index is 12.5. The third kappa shape index (κ3) is 2.36. The van der Waals surface area contributed by atoms with Gasteiger partial charge < -0.3 is 14.8 Å². The number of likely N-dealkylation sites (N-methyl/N-ethyl adjacent to an activating group) is 1. The Morgan fingerprint density at radius 2 is 1.96 bits per heavy atom. The number of aromatic nitrogens is 1. The van der Waals surface area contributed by atoms with Crippen molar-refractivity contribution in [3.05, 3.63) is 59.8 Å². The van der Waals surface area contributed by atoms with Crippen molar-refractivity contribution in [1.29, 1.82) is 0 Å². The summed E-state index contributed by atoms with van der Waals surface area (Å²) in [5.74, 6) is -0.0675. The van der Waals surface area contributed by atoms with Gasteiger partial charge in [0, 0.05) is 54.7 Å². The number of carbonyl (C=O) groups excluding carboxylic acids is 1. The minimum absolute atomic E-state index is 0.0675. The average molecular weight is 305 g/mol. The predicted molar refractivity (Wildman–Crippen MR) is 94.3 cm³/mol. The summed E-state index contributed by atoms with van der Waals surface area (Å²) in [7, 11) is 4.10. The molecule has 4 nitrogen and oxygen atoms in total. The summed E-state index contributed by atoms with van der Waals surface area (Å²) in [4.78, 5) is 14.7. The molecule has 1 N–H and O–H groups in total. The summed E-state index contributed by atoms with van der Waals surface area (Å²) in [6.07, 6.45) is 3.04. The highest BCUT2D eigenvalue weighted by Gasteiger charge is 2.16. The van der Waals surface area contributed by atoms with Crippen molar-refractivity contribution in [3.63, 3.8) is 0 Å². The van der Waals surface area contributed by atoms with Crippen molar-refractivity contribution in [2.75, 3.05) is 23.8 Å². The van der Waals surface area contributed by atoms with Gasteiger partial charge in [0.05, 0.1) is 0 Å². The molecule has 1 aromatic heterocycles. The lowest BCUT2D eigenvalue weighted by Crippen LogP contribution is -2.13. The van der Waals surface area contributed by atoms with E-state index < -0.39 is 0 Å².